The van der Waals surface area contributed by atoms with Crippen LogP contribution < -0.4 is 0 Å². The zero-order valence-electron chi connectivity index (χ0n) is 12.8. The molecule has 5 nitrogen and oxygen atoms in total. The quantitative estimate of drug-likeness (QED) is 0.395. The maximum atomic E-state index is 11.7. The highest BCUT2D eigenvalue weighted by atomic mass is 16.6. The van der Waals surface area contributed by atoms with E-state index in [0.717, 1.165) is 25.7 Å². The largest absolute Gasteiger partial charge is 0.459 e. The molecule has 0 saturated heterocycles. The molecule has 0 radical (unpaired) electrons. The maximum absolute atomic E-state index is 11.7. The molecule has 1 aliphatic heterocycles. The van der Waals surface area contributed by atoms with E-state index in [2.05, 4.69) is 6.92 Å². The third-order valence-electron chi connectivity index (χ3n) is 3.78. The Labute approximate surface area is 126 Å². The summed E-state index contributed by atoms with van der Waals surface area (Å²) in [4.78, 5) is 11.7. The first-order chi connectivity index (χ1) is 10.0. The molecule has 4 atom stereocenters. The van der Waals surface area contributed by atoms with Gasteiger partial charge in [-0.15, -0.1) is 0 Å². The minimum atomic E-state index is -1.15. The van der Waals surface area contributed by atoms with Gasteiger partial charge in [0.15, 0.2) is 0 Å². The molecular formula is C16H28O5. The minimum Gasteiger partial charge on any atom is -0.459 e. The van der Waals surface area contributed by atoms with Crippen LogP contribution in [-0.2, 0) is 9.53 Å². The van der Waals surface area contributed by atoms with Gasteiger partial charge in [-0.3, -0.25) is 4.79 Å². The van der Waals surface area contributed by atoms with Crippen LogP contribution in [0.5, 0.6) is 0 Å². The van der Waals surface area contributed by atoms with E-state index in [4.69, 9.17) is 4.74 Å². The first-order valence-corrected chi connectivity index (χ1v) is 7.96. The van der Waals surface area contributed by atoms with Gasteiger partial charge in [0.1, 0.15) is 18.3 Å². The maximum Gasteiger partial charge on any atom is 0.306 e. The molecule has 0 aliphatic carbocycles. The Morgan fingerprint density at radius 1 is 1.14 bits per heavy atom. The van der Waals surface area contributed by atoms with Crippen LogP contribution in [0.3, 0.4) is 0 Å². The van der Waals surface area contributed by atoms with Crippen molar-refractivity contribution in [3.05, 3.63) is 12.2 Å². The van der Waals surface area contributed by atoms with E-state index in [1.807, 2.05) is 0 Å². The molecule has 0 spiro atoms. The molecule has 0 bridgehead atoms. The lowest BCUT2D eigenvalue weighted by atomic mass is 9.99. The van der Waals surface area contributed by atoms with Crippen molar-refractivity contribution < 1.29 is 24.9 Å². The summed E-state index contributed by atoms with van der Waals surface area (Å²) in [7, 11) is 0. The second-order valence-corrected chi connectivity index (χ2v) is 5.70. The predicted molar refractivity (Wildman–Crippen MR) is 79.7 cm³/mol. The molecule has 0 amide bonds. The summed E-state index contributed by atoms with van der Waals surface area (Å²) >= 11 is 0. The lowest BCUT2D eigenvalue weighted by Crippen LogP contribution is -2.40. The molecule has 0 aromatic rings. The minimum absolute atomic E-state index is 0.112. The summed E-state index contributed by atoms with van der Waals surface area (Å²) in [6, 6.07) is 0. The van der Waals surface area contributed by atoms with Crippen molar-refractivity contribution in [2.45, 2.75) is 82.7 Å². The first kappa shape index (κ1) is 18.1. The zero-order chi connectivity index (χ0) is 15.7. The monoisotopic (exact) mass is 300 g/mol. The number of hydrogen-bond donors (Lipinski definition) is 3. The van der Waals surface area contributed by atoms with E-state index in [0.29, 0.717) is 6.42 Å². The number of rotatable bonds is 6. The summed E-state index contributed by atoms with van der Waals surface area (Å²) in [6.45, 7) is 2.14. The van der Waals surface area contributed by atoms with Gasteiger partial charge >= 0.3 is 5.97 Å². The average molecular weight is 300 g/mol. The second kappa shape index (κ2) is 9.92. The number of ether oxygens (including phenoxy) is 1. The first-order valence-electron chi connectivity index (χ1n) is 7.96. The van der Waals surface area contributed by atoms with Crippen molar-refractivity contribution in [2.75, 3.05) is 0 Å². The Bertz CT molecular complexity index is 329. The van der Waals surface area contributed by atoms with E-state index in [1.54, 1.807) is 0 Å². The van der Waals surface area contributed by atoms with E-state index in [1.165, 1.54) is 18.6 Å². The van der Waals surface area contributed by atoms with Gasteiger partial charge < -0.3 is 20.1 Å². The molecular weight excluding hydrogens is 272 g/mol. The van der Waals surface area contributed by atoms with Gasteiger partial charge in [0.05, 0.1) is 6.10 Å². The molecule has 4 unspecified atom stereocenters. The Balaban J connectivity index is 2.56. The summed E-state index contributed by atoms with van der Waals surface area (Å²) in [5, 5.41) is 29.5. The number of esters is 1. The summed E-state index contributed by atoms with van der Waals surface area (Å²) in [6.07, 6.45) is 5.29. The summed E-state index contributed by atoms with van der Waals surface area (Å²) in [5.74, 6) is -0.436. The molecule has 3 N–H and O–H groups in total. The van der Waals surface area contributed by atoms with Crippen LogP contribution in [0, 0.1) is 0 Å². The highest BCUT2D eigenvalue weighted by Crippen LogP contribution is 2.18. The number of cyclic esters (lactones) is 1. The smallest absolute Gasteiger partial charge is 0.306 e. The fourth-order valence-electron chi connectivity index (χ4n) is 2.41. The van der Waals surface area contributed by atoms with Crippen molar-refractivity contribution in [1.82, 2.24) is 0 Å². The summed E-state index contributed by atoms with van der Waals surface area (Å²) < 4.78 is 5.27. The van der Waals surface area contributed by atoms with Gasteiger partial charge in [-0.1, -0.05) is 44.8 Å². The van der Waals surface area contributed by atoms with Crippen LogP contribution in [0.2, 0.25) is 0 Å². The van der Waals surface area contributed by atoms with Gasteiger partial charge in [0, 0.05) is 6.42 Å². The van der Waals surface area contributed by atoms with Gasteiger partial charge in [0.25, 0.3) is 0 Å². The summed E-state index contributed by atoms with van der Waals surface area (Å²) in [5.41, 5.74) is 0. The van der Waals surface area contributed by atoms with E-state index < -0.39 is 30.4 Å². The number of aliphatic hydroxyl groups excluding tert-OH is 3. The molecule has 5 heteroatoms. The van der Waals surface area contributed by atoms with Crippen LogP contribution in [0.15, 0.2) is 12.2 Å². The molecule has 0 saturated carbocycles. The van der Waals surface area contributed by atoms with E-state index in [-0.39, 0.29) is 12.8 Å². The molecule has 122 valence electrons. The van der Waals surface area contributed by atoms with Gasteiger partial charge in [-0.05, 0) is 19.3 Å². The van der Waals surface area contributed by atoms with Crippen molar-refractivity contribution in [3.8, 4) is 0 Å². The SMILES string of the molecule is CCCCCCCC1OC(=O)CCC(O)/C=C/C(O)C1O. The van der Waals surface area contributed by atoms with Crippen molar-refractivity contribution in [1.29, 1.82) is 0 Å². The molecule has 0 aromatic heterocycles. The Kier molecular flexibility index (Phi) is 8.57. The van der Waals surface area contributed by atoms with E-state index >= 15 is 0 Å². The standard InChI is InChI=1S/C16H28O5/c1-2-3-4-5-6-7-14-16(20)13(18)10-8-12(17)9-11-15(19)21-14/h8,10,12-14,16-18,20H,2-7,9,11H2,1H3/b10-8+. The number of carbonyl (C=O) groups is 1. The molecule has 1 heterocycles. The fraction of sp³-hybridized carbons (Fsp3) is 0.812. The van der Waals surface area contributed by atoms with Crippen LogP contribution in [0.25, 0.3) is 0 Å². The normalized spacial score (nSPS) is 32.5. The second-order valence-electron chi connectivity index (χ2n) is 5.70. The highest BCUT2D eigenvalue weighted by Gasteiger charge is 2.29. The number of aliphatic hydroxyl groups is 3. The van der Waals surface area contributed by atoms with Crippen LogP contribution in [0.4, 0.5) is 0 Å². The van der Waals surface area contributed by atoms with Crippen molar-refractivity contribution >= 4 is 5.97 Å². The number of unbranched alkanes of at least 4 members (excludes halogenated alkanes) is 4. The van der Waals surface area contributed by atoms with Crippen LogP contribution in [0.1, 0.15) is 58.3 Å². The Morgan fingerprint density at radius 3 is 2.57 bits per heavy atom. The third-order valence-corrected chi connectivity index (χ3v) is 3.78. The van der Waals surface area contributed by atoms with Gasteiger partial charge in [0.2, 0.25) is 0 Å². The molecule has 0 aromatic carbocycles. The molecule has 1 rings (SSSR count). The fourth-order valence-corrected chi connectivity index (χ4v) is 2.41. The predicted octanol–water partition coefficient (Wildman–Crippen LogP) is 1.69. The number of carbonyl (C=O) groups excluding carboxylic acids is 1. The molecule has 21 heavy (non-hydrogen) atoms. The van der Waals surface area contributed by atoms with E-state index in [9.17, 15) is 20.1 Å². The topological polar surface area (TPSA) is 87.0 Å². The van der Waals surface area contributed by atoms with Crippen molar-refractivity contribution in [2.24, 2.45) is 0 Å². The average Bonchev–Trinajstić information content (AvgIpc) is 2.47. The number of hydrogen-bond acceptors (Lipinski definition) is 5. The van der Waals surface area contributed by atoms with Crippen LogP contribution >= 0.6 is 0 Å². The molecule has 1 aliphatic rings. The van der Waals surface area contributed by atoms with Crippen LogP contribution in [-0.4, -0.2) is 45.7 Å². The van der Waals surface area contributed by atoms with Crippen molar-refractivity contribution in [3.63, 3.8) is 0 Å². The lowest BCUT2D eigenvalue weighted by Gasteiger charge is -2.26. The Morgan fingerprint density at radius 2 is 1.86 bits per heavy atom. The van der Waals surface area contributed by atoms with Gasteiger partial charge in [-0.2, -0.15) is 0 Å². The highest BCUT2D eigenvalue weighted by molar-refractivity contribution is 5.69. The lowest BCUT2D eigenvalue weighted by molar-refractivity contribution is -0.160. The Hall–Kier alpha value is -0.910. The third kappa shape index (κ3) is 7.07. The molecule has 0 fully saturated rings. The van der Waals surface area contributed by atoms with Gasteiger partial charge in [-0.25, -0.2) is 0 Å². The zero-order valence-corrected chi connectivity index (χ0v) is 12.8.